The molecule has 0 aromatic heterocycles. The van der Waals surface area contributed by atoms with E-state index in [0.717, 1.165) is 5.75 Å². The van der Waals surface area contributed by atoms with Crippen LogP contribution in [0.2, 0.25) is 0 Å². The molecule has 0 radical (unpaired) electrons. The zero-order valence-corrected chi connectivity index (χ0v) is 15.4. The Labute approximate surface area is 166 Å². The second kappa shape index (κ2) is 10.1. The number of nitrogens with one attached hydrogen (secondary N) is 1. The Morgan fingerprint density at radius 1 is 0.793 bits per heavy atom. The van der Waals surface area contributed by atoms with Gasteiger partial charge in [-0.05, 0) is 48.5 Å². The molecule has 0 atom stereocenters. The summed E-state index contributed by atoms with van der Waals surface area (Å²) in [6.07, 6.45) is 0. The minimum atomic E-state index is -2.90. The average Bonchev–Trinajstić information content (AvgIpc) is 2.73. The fourth-order valence-electron chi connectivity index (χ4n) is 2.53. The number of rotatable bonds is 9. The van der Waals surface area contributed by atoms with Gasteiger partial charge in [0.25, 0.3) is 5.91 Å². The van der Waals surface area contributed by atoms with E-state index < -0.39 is 6.61 Å². The van der Waals surface area contributed by atoms with Gasteiger partial charge in [-0.1, -0.05) is 30.3 Å². The van der Waals surface area contributed by atoms with Crippen molar-refractivity contribution in [1.29, 1.82) is 0 Å². The molecule has 29 heavy (non-hydrogen) atoms. The molecule has 1 amide bonds. The molecule has 1 N–H and O–H groups in total. The van der Waals surface area contributed by atoms with Gasteiger partial charge in [0.05, 0.1) is 5.56 Å². The number of halogens is 2. The molecular formula is C22H19F2NO4. The second-order valence-corrected chi connectivity index (χ2v) is 5.86. The van der Waals surface area contributed by atoms with Gasteiger partial charge in [0, 0.05) is 5.69 Å². The lowest BCUT2D eigenvalue weighted by atomic mass is 10.2. The van der Waals surface area contributed by atoms with Crippen molar-refractivity contribution in [3.05, 3.63) is 84.4 Å². The second-order valence-electron chi connectivity index (χ2n) is 5.86. The minimum Gasteiger partial charge on any atom is -0.490 e. The molecule has 3 rings (SSSR count). The molecule has 5 nitrogen and oxygen atoms in total. The van der Waals surface area contributed by atoms with E-state index in [1.54, 1.807) is 24.3 Å². The normalized spacial score (nSPS) is 10.4. The summed E-state index contributed by atoms with van der Waals surface area (Å²) in [7, 11) is 0. The first kappa shape index (κ1) is 20.1. The maximum absolute atomic E-state index is 12.6. The van der Waals surface area contributed by atoms with Gasteiger partial charge in [-0.2, -0.15) is 8.78 Å². The topological polar surface area (TPSA) is 56.8 Å². The zero-order valence-electron chi connectivity index (χ0n) is 15.4. The quantitative estimate of drug-likeness (QED) is 0.515. The van der Waals surface area contributed by atoms with Gasteiger partial charge in [-0.15, -0.1) is 0 Å². The van der Waals surface area contributed by atoms with Crippen LogP contribution in [0.1, 0.15) is 10.4 Å². The number of amides is 1. The fourth-order valence-corrected chi connectivity index (χ4v) is 2.53. The Morgan fingerprint density at radius 2 is 1.45 bits per heavy atom. The molecule has 0 aliphatic heterocycles. The Bertz CT molecular complexity index is 918. The van der Waals surface area contributed by atoms with E-state index in [1.165, 1.54) is 24.3 Å². The first-order valence-corrected chi connectivity index (χ1v) is 8.88. The van der Waals surface area contributed by atoms with Gasteiger partial charge in [0.1, 0.15) is 30.5 Å². The predicted molar refractivity (Wildman–Crippen MR) is 105 cm³/mol. The maximum atomic E-state index is 12.6. The number of alkyl halides is 2. The molecule has 0 bridgehead atoms. The average molecular weight is 399 g/mol. The number of carbonyl (C=O) groups is 1. The third-order valence-corrected chi connectivity index (χ3v) is 3.82. The summed E-state index contributed by atoms with van der Waals surface area (Å²) in [4.78, 5) is 12.6. The molecule has 0 spiro atoms. The molecule has 0 saturated carbocycles. The minimum absolute atomic E-state index is 0.0140. The fraction of sp³-hybridized carbons (Fsp3) is 0.136. The van der Waals surface area contributed by atoms with Gasteiger partial charge in [0.2, 0.25) is 0 Å². The van der Waals surface area contributed by atoms with Crippen molar-refractivity contribution in [2.75, 3.05) is 18.5 Å². The van der Waals surface area contributed by atoms with Gasteiger partial charge in [-0.3, -0.25) is 4.79 Å². The number of benzene rings is 3. The van der Waals surface area contributed by atoms with E-state index in [9.17, 15) is 13.6 Å². The number of hydrogen-bond donors (Lipinski definition) is 1. The van der Waals surface area contributed by atoms with Crippen LogP contribution in [0.5, 0.6) is 17.2 Å². The van der Waals surface area contributed by atoms with Crippen LogP contribution in [0.25, 0.3) is 0 Å². The SMILES string of the molecule is O=C(Nc1ccc(OC(F)F)cc1)c1ccccc1OCCOc1ccccc1. The molecular weight excluding hydrogens is 380 g/mol. The zero-order chi connectivity index (χ0) is 20.5. The summed E-state index contributed by atoms with van der Waals surface area (Å²) >= 11 is 0. The molecule has 0 saturated heterocycles. The number of para-hydroxylation sites is 2. The van der Waals surface area contributed by atoms with Crippen LogP contribution in [0, 0.1) is 0 Å². The Morgan fingerprint density at radius 3 is 2.17 bits per heavy atom. The van der Waals surface area contributed by atoms with Crippen LogP contribution in [0.4, 0.5) is 14.5 Å². The molecule has 0 aliphatic carbocycles. The highest BCUT2D eigenvalue weighted by molar-refractivity contribution is 6.06. The highest BCUT2D eigenvalue weighted by Crippen LogP contribution is 2.22. The molecule has 7 heteroatoms. The van der Waals surface area contributed by atoms with Crippen molar-refractivity contribution in [3.63, 3.8) is 0 Å². The van der Waals surface area contributed by atoms with Crippen LogP contribution in [-0.4, -0.2) is 25.7 Å². The van der Waals surface area contributed by atoms with Crippen LogP contribution in [-0.2, 0) is 0 Å². The standard InChI is InChI=1S/C22H19F2NO4/c23-22(24)29-18-12-10-16(11-13-18)25-21(26)19-8-4-5-9-20(19)28-15-14-27-17-6-2-1-3-7-17/h1-13,22H,14-15H2,(H,25,26). The van der Waals surface area contributed by atoms with Gasteiger partial charge in [-0.25, -0.2) is 0 Å². The van der Waals surface area contributed by atoms with Gasteiger partial charge in [0.15, 0.2) is 0 Å². The number of hydrogen-bond acceptors (Lipinski definition) is 4. The molecule has 3 aromatic rings. The lowest BCUT2D eigenvalue weighted by Crippen LogP contribution is -2.15. The monoisotopic (exact) mass is 399 g/mol. The highest BCUT2D eigenvalue weighted by Gasteiger charge is 2.13. The third kappa shape index (κ3) is 6.21. The Kier molecular flexibility index (Phi) is 7.00. The first-order valence-electron chi connectivity index (χ1n) is 8.88. The van der Waals surface area contributed by atoms with E-state index in [4.69, 9.17) is 9.47 Å². The molecule has 0 aliphatic rings. The van der Waals surface area contributed by atoms with Crippen molar-refractivity contribution in [2.24, 2.45) is 0 Å². The molecule has 3 aromatic carbocycles. The van der Waals surface area contributed by atoms with Gasteiger partial charge < -0.3 is 19.5 Å². The summed E-state index contributed by atoms with van der Waals surface area (Å²) in [6.45, 7) is -2.31. The maximum Gasteiger partial charge on any atom is 0.387 e. The summed E-state index contributed by atoms with van der Waals surface area (Å²) in [5.74, 6) is 0.785. The predicted octanol–water partition coefficient (Wildman–Crippen LogP) is 5.00. The molecule has 0 unspecified atom stereocenters. The molecule has 0 heterocycles. The van der Waals surface area contributed by atoms with Crippen molar-refractivity contribution >= 4 is 11.6 Å². The van der Waals surface area contributed by atoms with Crippen molar-refractivity contribution in [3.8, 4) is 17.2 Å². The molecule has 0 fully saturated rings. The van der Waals surface area contributed by atoms with Crippen molar-refractivity contribution < 1.29 is 27.8 Å². The highest BCUT2D eigenvalue weighted by atomic mass is 19.3. The van der Waals surface area contributed by atoms with E-state index >= 15 is 0 Å². The van der Waals surface area contributed by atoms with Crippen LogP contribution >= 0.6 is 0 Å². The number of carbonyl (C=O) groups excluding carboxylic acids is 1. The first-order chi connectivity index (χ1) is 14.1. The van der Waals surface area contributed by atoms with Crippen LogP contribution < -0.4 is 19.5 Å². The lowest BCUT2D eigenvalue weighted by molar-refractivity contribution is -0.0498. The summed E-state index contributed by atoms with van der Waals surface area (Å²) in [6, 6.07) is 21.8. The van der Waals surface area contributed by atoms with E-state index in [-0.39, 0.29) is 18.3 Å². The Hall–Kier alpha value is -3.61. The van der Waals surface area contributed by atoms with Crippen molar-refractivity contribution in [2.45, 2.75) is 6.61 Å². The van der Waals surface area contributed by atoms with E-state index in [2.05, 4.69) is 10.1 Å². The van der Waals surface area contributed by atoms with E-state index in [1.807, 2.05) is 30.3 Å². The van der Waals surface area contributed by atoms with Crippen molar-refractivity contribution in [1.82, 2.24) is 0 Å². The largest absolute Gasteiger partial charge is 0.490 e. The number of ether oxygens (including phenoxy) is 3. The van der Waals surface area contributed by atoms with E-state index in [0.29, 0.717) is 23.6 Å². The van der Waals surface area contributed by atoms with Crippen LogP contribution in [0.3, 0.4) is 0 Å². The van der Waals surface area contributed by atoms with Gasteiger partial charge >= 0.3 is 6.61 Å². The summed E-state index contributed by atoms with van der Waals surface area (Å²) < 4.78 is 40.0. The third-order valence-electron chi connectivity index (χ3n) is 3.82. The molecule has 150 valence electrons. The number of anilines is 1. The smallest absolute Gasteiger partial charge is 0.387 e. The summed E-state index contributed by atoms with van der Waals surface area (Å²) in [5.41, 5.74) is 0.791. The Balaban J connectivity index is 1.56. The summed E-state index contributed by atoms with van der Waals surface area (Å²) in [5, 5.41) is 2.70. The lowest BCUT2D eigenvalue weighted by Gasteiger charge is -2.12. The van der Waals surface area contributed by atoms with Crippen LogP contribution in [0.15, 0.2) is 78.9 Å².